The van der Waals surface area contributed by atoms with Crippen molar-refractivity contribution in [3.8, 4) is 0 Å². The fourth-order valence-corrected chi connectivity index (χ4v) is 4.09. The van der Waals surface area contributed by atoms with Crippen LogP contribution in [0.2, 0.25) is 0 Å². The lowest BCUT2D eigenvalue weighted by atomic mass is 9.88. The monoisotopic (exact) mass is 475 g/mol. The van der Waals surface area contributed by atoms with E-state index < -0.39 is 11.2 Å². The van der Waals surface area contributed by atoms with Gasteiger partial charge < -0.3 is 19.1 Å². The minimum atomic E-state index is -0.536. The number of aromatic nitrogens is 1. The number of ether oxygens (including phenoxy) is 3. The summed E-state index contributed by atoms with van der Waals surface area (Å²) in [6, 6.07) is 4.30. The molecule has 34 heavy (non-hydrogen) atoms. The average Bonchev–Trinajstić information content (AvgIpc) is 2.68. The number of rotatable bonds is 6. The molecule has 190 valence electrons. The summed E-state index contributed by atoms with van der Waals surface area (Å²) in [5.74, 6) is 0.728. The predicted octanol–water partition coefficient (Wildman–Crippen LogP) is 5.12. The van der Waals surface area contributed by atoms with E-state index in [4.69, 9.17) is 19.2 Å². The van der Waals surface area contributed by atoms with Gasteiger partial charge in [-0.05, 0) is 91.7 Å². The number of amides is 2. The van der Waals surface area contributed by atoms with E-state index in [1.54, 1.807) is 16.8 Å². The van der Waals surface area contributed by atoms with Crippen molar-refractivity contribution in [1.82, 2.24) is 9.88 Å². The van der Waals surface area contributed by atoms with E-state index in [2.05, 4.69) is 6.07 Å². The summed E-state index contributed by atoms with van der Waals surface area (Å²) >= 11 is 0. The first-order valence-corrected chi connectivity index (χ1v) is 12.4. The van der Waals surface area contributed by atoms with Gasteiger partial charge in [-0.15, -0.1) is 0 Å². The number of carbonyl (C=O) groups excluding carboxylic acids is 2. The van der Waals surface area contributed by atoms with Crippen molar-refractivity contribution in [1.29, 1.82) is 0 Å². The minimum Gasteiger partial charge on any atom is -0.444 e. The highest BCUT2D eigenvalue weighted by atomic mass is 16.6. The molecule has 2 heterocycles. The largest absolute Gasteiger partial charge is 0.444 e. The fourth-order valence-electron chi connectivity index (χ4n) is 4.09. The van der Waals surface area contributed by atoms with Gasteiger partial charge in [0.2, 0.25) is 0 Å². The van der Waals surface area contributed by atoms with E-state index in [9.17, 15) is 9.59 Å². The van der Waals surface area contributed by atoms with E-state index in [1.807, 2.05) is 47.6 Å². The molecule has 0 unspecified atom stereocenters. The van der Waals surface area contributed by atoms with Gasteiger partial charge in [-0.1, -0.05) is 6.07 Å². The van der Waals surface area contributed by atoms with Crippen molar-refractivity contribution in [3.63, 3.8) is 0 Å². The predicted molar refractivity (Wildman–Crippen MR) is 131 cm³/mol. The number of carbonyl (C=O) groups is 2. The van der Waals surface area contributed by atoms with Crippen LogP contribution in [-0.4, -0.2) is 65.6 Å². The maximum atomic E-state index is 12.7. The lowest BCUT2D eigenvalue weighted by Gasteiger charge is -2.41. The molecule has 1 saturated carbocycles. The van der Waals surface area contributed by atoms with E-state index >= 15 is 0 Å². The fraction of sp³-hybridized carbons (Fsp3) is 0.731. The smallest absolute Gasteiger partial charge is 0.416 e. The van der Waals surface area contributed by atoms with E-state index in [-0.39, 0.29) is 24.3 Å². The van der Waals surface area contributed by atoms with Crippen LogP contribution in [0, 0.1) is 0 Å². The first kappa shape index (κ1) is 26.3. The molecule has 1 aliphatic carbocycles. The zero-order valence-corrected chi connectivity index (χ0v) is 21.8. The van der Waals surface area contributed by atoms with Gasteiger partial charge in [-0.25, -0.2) is 14.6 Å². The van der Waals surface area contributed by atoms with Gasteiger partial charge in [-0.3, -0.25) is 4.90 Å². The zero-order chi connectivity index (χ0) is 25.1. The highest BCUT2D eigenvalue weighted by Crippen LogP contribution is 2.30. The summed E-state index contributed by atoms with van der Waals surface area (Å²) in [5, 5.41) is 0. The van der Waals surface area contributed by atoms with Crippen LogP contribution in [0.25, 0.3) is 0 Å². The molecule has 0 N–H and O–H groups in total. The van der Waals surface area contributed by atoms with Gasteiger partial charge in [0.25, 0.3) is 0 Å². The summed E-state index contributed by atoms with van der Waals surface area (Å²) in [6.07, 6.45) is 4.68. The van der Waals surface area contributed by atoms with Gasteiger partial charge >= 0.3 is 12.2 Å². The molecule has 0 radical (unpaired) electrons. The molecule has 1 aromatic heterocycles. The number of hydrogen-bond donors (Lipinski definition) is 0. The number of nitrogens with zero attached hydrogens (tertiary/aromatic N) is 3. The maximum Gasteiger partial charge on any atom is 0.416 e. The number of anilines is 1. The van der Waals surface area contributed by atoms with Crippen LogP contribution in [0.1, 0.15) is 78.5 Å². The molecule has 0 atom stereocenters. The maximum absolute atomic E-state index is 12.7. The van der Waals surface area contributed by atoms with Crippen LogP contribution in [0.15, 0.2) is 12.1 Å². The molecule has 0 saturated heterocycles. The van der Waals surface area contributed by atoms with Crippen molar-refractivity contribution in [2.24, 2.45) is 0 Å². The Kier molecular flexibility index (Phi) is 8.11. The molecular formula is C26H41N3O5. The molecule has 8 heteroatoms. The minimum absolute atomic E-state index is 0.168. The molecule has 2 aliphatic rings. The number of pyridine rings is 1. The van der Waals surface area contributed by atoms with Crippen LogP contribution in [0.3, 0.4) is 0 Å². The van der Waals surface area contributed by atoms with Gasteiger partial charge in [0, 0.05) is 31.9 Å². The van der Waals surface area contributed by atoms with Crippen LogP contribution in [0.4, 0.5) is 15.4 Å². The van der Waals surface area contributed by atoms with Gasteiger partial charge in [-0.2, -0.15) is 0 Å². The summed E-state index contributed by atoms with van der Waals surface area (Å²) in [5.41, 5.74) is 1.02. The van der Waals surface area contributed by atoms with Crippen molar-refractivity contribution in [3.05, 3.63) is 23.4 Å². The lowest BCUT2D eigenvalue weighted by Crippen LogP contribution is -2.50. The van der Waals surface area contributed by atoms with Crippen LogP contribution < -0.4 is 4.90 Å². The highest BCUT2D eigenvalue weighted by molar-refractivity contribution is 5.88. The molecular weight excluding hydrogens is 434 g/mol. The lowest BCUT2D eigenvalue weighted by molar-refractivity contribution is -0.0515. The Morgan fingerprint density at radius 1 is 1.09 bits per heavy atom. The Hall–Kier alpha value is -2.35. The van der Waals surface area contributed by atoms with E-state index in [0.717, 1.165) is 55.6 Å². The molecule has 0 bridgehead atoms. The topological polar surface area (TPSA) is 81.2 Å². The second-order valence-electron chi connectivity index (χ2n) is 11.3. The van der Waals surface area contributed by atoms with Crippen LogP contribution in [0.5, 0.6) is 0 Å². The molecule has 0 aromatic carbocycles. The Balaban J connectivity index is 1.43. The summed E-state index contributed by atoms with van der Waals surface area (Å²) < 4.78 is 17.0. The first-order chi connectivity index (χ1) is 15.8. The normalized spacial score (nSPS) is 20.3. The third kappa shape index (κ3) is 7.32. The summed E-state index contributed by atoms with van der Waals surface area (Å²) in [6.45, 7) is 12.5. The van der Waals surface area contributed by atoms with E-state index in [1.165, 1.54) is 0 Å². The second-order valence-corrected chi connectivity index (χ2v) is 11.3. The Morgan fingerprint density at radius 3 is 2.41 bits per heavy atom. The Morgan fingerprint density at radius 2 is 1.76 bits per heavy atom. The first-order valence-electron chi connectivity index (χ1n) is 12.4. The van der Waals surface area contributed by atoms with E-state index in [0.29, 0.717) is 13.2 Å². The third-order valence-electron chi connectivity index (χ3n) is 5.94. The van der Waals surface area contributed by atoms with Gasteiger partial charge in [0.15, 0.2) is 0 Å². The quantitative estimate of drug-likeness (QED) is 0.532. The van der Waals surface area contributed by atoms with Crippen molar-refractivity contribution < 1.29 is 23.8 Å². The molecule has 1 fully saturated rings. The molecule has 2 amide bonds. The zero-order valence-electron chi connectivity index (χ0n) is 21.8. The molecule has 3 rings (SSSR count). The highest BCUT2D eigenvalue weighted by Gasteiger charge is 2.36. The molecule has 1 aliphatic heterocycles. The molecule has 0 spiro atoms. The number of hydrogen-bond acceptors (Lipinski definition) is 6. The average molecular weight is 476 g/mol. The van der Waals surface area contributed by atoms with Crippen molar-refractivity contribution in [2.45, 2.75) is 103 Å². The number of fused-ring (bicyclic) bond motifs is 1. The summed E-state index contributed by atoms with van der Waals surface area (Å²) in [4.78, 5) is 33.0. The number of aryl methyl sites for hydroxylation is 2. The van der Waals surface area contributed by atoms with Crippen molar-refractivity contribution >= 4 is 18.0 Å². The van der Waals surface area contributed by atoms with Gasteiger partial charge in [0.1, 0.15) is 17.0 Å². The van der Waals surface area contributed by atoms with Gasteiger partial charge in [0.05, 0.1) is 6.10 Å². The van der Waals surface area contributed by atoms with Crippen LogP contribution >= 0.6 is 0 Å². The Bertz CT molecular complexity index is 868. The second kappa shape index (κ2) is 10.5. The third-order valence-corrected chi connectivity index (χ3v) is 5.94. The SMILES string of the molecule is CN(C(=O)OC(C)(C)C)C1CC(OCCCc2ccc3c(n2)N(C(=O)OC(C)(C)C)CCC3)C1. The summed E-state index contributed by atoms with van der Waals surface area (Å²) in [7, 11) is 1.79. The molecule has 8 nitrogen and oxygen atoms in total. The molecule has 1 aromatic rings. The standard InChI is InChI=1S/C26H41N3O5/c1-25(2,3)33-23(30)28(7)20-16-21(17-20)32-15-9-11-19-13-12-18-10-8-14-29(22(18)27-19)24(31)34-26(4,5)6/h12-13,20-21H,8-11,14-17H2,1-7H3. The van der Waals surface area contributed by atoms with Crippen LogP contribution in [-0.2, 0) is 27.1 Å². The van der Waals surface area contributed by atoms with Crippen molar-refractivity contribution in [2.75, 3.05) is 25.1 Å². The Labute approximate surface area is 203 Å².